The van der Waals surface area contributed by atoms with Crippen molar-refractivity contribution in [3.05, 3.63) is 70.0 Å². The average Bonchev–Trinajstić information content (AvgIpc) is 2.46. The highest BCUT2D eigenvalue weighted by Gasteiger charge is 2.15. The molecule has 0 aliphatic rings. The van der Waals surface area contributed by atoms with Crippen molar-refractivity contribution in [2.45, 2.75) is 18.9 Å². The largest absolute Gasteiger partial charge is 0.271 e. The molecule has 2 rings (SSSR count). The number of nitrogens with two attached hydrogens (primary N) is 1. The predicted octanol–water partition coefficient (Wildman–Crippen LogP) is 3.37. The van der Waals surface area contributed by atoms with E-state index in [-0.39, 0.29) is 23.4 Å². The van der Waals surface area contributed by atoms with Gasteiger partial charge in [-0.3, -0.25) is 11.3 Å². The van der Waals surface area contributed by atoms with Crippen LogP contribution in [0.3, 0.4) is 0 Å². The van der Waals surface area contributed by atoms with Gasteiger partial charge in [-0.2, -0.15) is 0 Å². The first kappa shape index (κ1) is 15.8. The van der Waals surface area contributed by atoms with Gasteiger partial charge in [-0.05, 0) is 48.2 Å². The third kappa shape index (κ3) is 3.97. The van der Waals surface area contributed by atoms with Crippen LogP contribution in [-0.4, -0.2) is 6.04 Å². The summed E-state index contributed by atoms with van der Waals surface area (Å²) in [5.41, 5.74) is 3.04. The molecule has 0 saturated heterocycles. The van der Waals surface area contributed by atoms with Crippen molar-refractivity contribution in [2.75, 3.05) is 0 Å². The van der Waals surface area contributed by atoms with Crippen LogP contribution in [0.5, 0.6) is 0 Å². The summed E-state index contributed by atoms with van der Waals surface area (Å²) in [5, 5.41) is 0.0141. The Morgan fingerprint density at radius 3 is 2.48 bits per heavy atom. The maximum Gasteiger partial charge on any atom is 0.145 e. The predicted molar refractivity (Wildman–Crippen MR) is 76.3 cm³/mol. The fourth-order valence-corrected chi connectivity index (χ4v) is 2.32. The highest BCUT2D eigenvalue weighted by Crippen LogP contribution is 2.20. The third-order valence-corrected chi connectivity index (χ3v) is 3.50. The van der Waals surface area contributed by atoms with Crippen molar-refractivity contribution in [1.82, 2.24) is 5.43 Å². The lowest BCUT2D eigenvalue weighted by atomic mass is 9.98. The van der Waals surface area contributed by atoms with Crippen LogP contribution >= 0.6 is 11.6 Å². The molecule has 0 bridgehead atoms. The number of nitrogens with one attached hydrogen (secondary N) is 1. The summed E-state index contributed by atoms with van der Waals surface area (Å²) >= 11 is 5.71. The van der Waals surface area contributed by atoms with Gasteiger partial charge in [0.2, 0.25) is 0 Å². The monoisotopic (exact) mass is 314 g/mol. The van der Waals surface area contributed by atoms with E-state index in [1.807, 2.05) is 0 Å². The second kappa shape index (κ2) is 6.93. The third-order valence-electron chi connectivity index (χ3n) is 3.21. The number of benzene rings is 2. The molecule has 21 heavy (non-hydrogen) atoms. The summed E-state index contributed by atoms with van der Waals surface area (Å²) in [7, 11) is 0. The highest BCUT2D eigenvalue weighted by molar-refractivity contribution is 6.30. The van der Waals surface area contributed by atoms with Gasteiger partial charge in [0.15, 0.2) is 0 Å². The average molecular weight is 315 g/mol. The maximum absolute atomic E-state index is 13.8. The van der Waals surface area contributed by atoms with Crippen LogP contribution in [0.4, 0.5) is 13.2 Å². The Kier molecular flexibility index (Phi) is 5.22. The van der Waals surface area contributed by atoms with Gasteiger partial charge in [0.05, 0.1) is 5.02 Å². The van der Waals surface area contributed by atoms with Crippen molar-refractivity contribution in [1.29, 1.82) is 0 Å². The van der Waals surface area contributed by atoms with Crippen LogP contribution in [0, 0.1) is 17.5 Å². The van der Waals surface area contributed by atoms with E-state index >= 15 is 0 Å². The molecule has 0 radical (unpaired) electrons. The molecular weight excluding hydrogens is 301 g/mol. The van der Waals surface area contributed by atoms with Gasteiger partial charge in [0, 0.05) is 6.04 Å². The van der Waals surface area contributed by atoms with Gasteiger partial charge in [-0.1, -0.05) is 23.7 Å². The normalized spacial score (nSPS) is 12.4. The van der Waals surface area contributed by atoms with E-state index in [1.54, 1.807) is 12.1 Å². The van der Waals surface area contributed by atoms with E-state index < -0.39 is 23.5 Å². The van der Waals surface area contributed by atoms with E-state index in [9.17, 15) is 13.2 Å². The Bertz CT molecular complexity index is 630. The van der Waals surface area contributed by atoms with Crippen molar-refractivity contribution in [3.63, 3.8) is 0 Å². The van der Waals surface area contributed by atoms with E-state index in [1.165, 1.54) is 6.07 Å². The molecule has 1 unspecified atom stereocenters. The van der Waals surface area contributed by atoms with Crippen LogP contribution in [-0.2, 0) is 12.8 Å². The van der Waals surface area contributed by atoms with Crippen LogP contribution in [0.1, 0.15) is 11.1 Å². The minimum absolute atomic E-state index is 0.0141. The fourth-order valence-electron chi connectivity index (χ4n) is 2.13. The van der Waals surface area contributed by atoms with Gasteiger partial charge >= 0.3 is 0 Å². The zero-order chi connectivity index (χ0) is 15.4. The number of hydrogen-bond acceptors (Lipinski definition) is 2. The summed E-state index contributed by atoms with van der Waals surface area (Å²) in [6, 6.07) is 7.39. The summed E-state index contributed by atoms with van der Waals surface area (Å²) < 4.78 is 40.6. The molecule has 0 saturated carbocycles. The molecule has 0 aliphatic heterocycles. The van der Waals surface area contributed by atoms with Crippen molar-refractivity contribution >= 4 is 11.6 Å². The highest BCUT2D eigenvalue weighted by atomic mass is 35.5. The van der Waals surface area contributed by atoms with Crippen molar-refractivity contribution in [2.24, 2.45) is 5.84 Å². The summed E-state index contributed by atoms with van der Waals surface area (Å²) in [5.74, 6) is 3.84. The molecule has 0 fully saturated rings. The van der Waals surface area contributed by atoms with Gasteiger partial charge in [-0.25, -0.2) is 13.2 Å². The molecule has 112 valence electrons. The zero-order valence-electron chi connectivity index (χ0n) is 11.0. The van der Waals surface area contributed by atoms with Crippen molar-refractivity contribution in [3.8, 4) is 0 Å². The Labute approximate surface area is 125 Å². The van der Waals surface area contributed by atoms with E-state index in [2.05, 4.69) is 5.43 Å². The zero-order valence-corrected chi connectivity index (χ0v) is 11.8. The molecule has 0 aliphatic carbocycles. The quantitative estimate of drug-likeness (QED) is 0.656. The molecule has 2 aromatic carbocycles. The molecular formula is C15H14ClF3N2. The Hall–Kier alpha value is -1.56. The van der Waals surface area contributed by atoms with Gasteiger partial charge < -0.3 is 0 Å². The van der Waals surface area contributed by atoms with E-state index in [4.69, 9.17) is 17.4 Å². The lowest BCUT2D eigenvalue weighted by Gasteiger charge is -2.17. The van der Waals surface area contributed by atoms with Crippen molar-refractivity contribution < 1.29 is 13.2 Å². The number of halogens is 4. The van der Waals surface area contributed by atoms with Crippen LogP contribution in [0.25, 0.3) is 0 Å². The molecule has 6 heteroatoms. The van der Waals surface area contributed by atoms with E-state index in [0.717, 1.165) is 18.2 Å². The first-order valence-electron chi connectivity index (χ1n) is 6.34. The first-order chi connectivity index (χ1) is 10.0. The summed E-state index contributed by atoms with van der Waals surface area (Å²) in [4.78, 5) is 0. The van der Waals surface area contributed by atoms with Gasteiger partial charge in [0.25, 0.3) is 0 Å². The molecule has 0 spiro atoms. The number of rotatable bonds is 5. The molecule has 2 aromatic rings. The Morgan fingerprint density at radius 2 is 1.76 bits per heavy atom. The molecule has 0 aromatic heterocycles. The van der Waals surface area contributed by atoms with Crippen LogP contribution < -0.4 is 11.3 Å². The molecule has 0 heterocycles. The maximum atomic E-state index is 13.8. The van der Waals surface area contributed by atoms with E-state index in [0.29, 0.717) is 5.56 Å². The lowest BCUT2D eigenvalue weighted by Crippen LogP contribution is -2.38. The second-order valence-electron chi connectivity index (χ2n) is 4.72. The summed E-state index contributed by atoms with van der Waals surface area (Å²) in [6.07, 6.45) is 0.338. The molecule has 1 atom stereocenters. The number of hydrogen-bond donors (Lipinski definition) is 2. The molecule has 3 N–H and O–H groups in total. The smallest absolute Gasteiger partial charge is 0.145 e. The fraction of sp³-hybridized carbons (Fsp3) is 0.200. The van der Waals surface area contributed by atoms with Crippen LogP contribution in [0.15, 0.2) is 36.4 Å². The van der Waals surface area contributed by atoms with Gasteiger partial charge in [-0.15, -0.1) is 0 Å². The SMILES string of the molecule is NNC(Cc1cc(F)ccc1F)Cc1cccc(Cl)c1F. The lowest BCUT2D eigenvalue weighted by molar-refractivity contribution is 0.491. The minimum Gasteiger partial charge on any atom is -0.271 e. The van der Waals surface area contributed by atoms with Crippen LogP contribution in [0.2, 0.25) is 5.02 Å². The topological polar surface area (TPSA) is 38.0 Å². The Morgan fingerprint density at radius 1 is 1.05 bits per heavy atom. The number of hydrazine groups is 1. The molecule has 0 amide bonds. The minimum atomic E-state index is -0.531. The standard InChI is InChI=1S/C15H14ClF3N2/c16-13-3-1-2-9(15(13)19)7-12(21-20)8-10-6-11(17)4-5-14(10)18/h1-6,12,21H,7-8,20H2. The van der Waals surface area contributed by atoms with Gasteiger partial charge in [0.1, 0.15) is 17.5 Å². The molecule has 2 nitrogen and oxygen atoms in total. The summed E-state index contributed by atoms with van der Waals surface area (Å²) in [6.45, 7) is 0. The second-order valence-corrected chi connectivity index (χ2v) is 5.13. The first-order valence-corrected chi connectivity index (χ1v) is 6.72. The Balaban J connectivity index is 2.17.